The van der Waals surface area contributed by atoms with E-state index in [9.17, 15) is 32.3 Å². The van der Waals surface area contributed by atoms with Crippen molar-refractivity contribution < 1.29 is 37.1 Å². The van der Waals surface area contributed by atoms with E-state index >= 15 is 0 Å². The number of ether oxygens (including phenoxy) is 1. The third-order valence-electron chi connectivity index (χ3n) is 2.87. The maximum absolute atomic E-state index is 12.1. The molecule has 134 valence electrons. The predicted molar refractivity (Wildman–Crippen MR) is 86.9 cm³/mol. The van der Waals surface area contributed by atoms with E-state index in [1.165, 1.54) is 12.1 Å². The van der Waals surface area contributed by atoms with Crippen molar-refractivity contribution >= 4 is 40.4 Å². The van der Waals surface area contributed by atoms with Crippen LogP contribution < -0.4 is 15.4 Å². The number of carbonyl (C=O) groups is 1. The zero-order valence-electron chi connectivity index (χ0n) is 12.1. The molecule has 0 atom stereocenters. The number of halogens is 4. The molecule has 0 spiro atoms. The molecule has 0 heterocycles. The molecule has 0 bridgehead atoms. The number of carbonyl (C=O) groups excluding carboxylic acids is 1. The van der Waals surface area contributed by atoms with Gasteiger partial charge in [0.1, 0.15) is 5.75 Å². The molecule has 0 aliphatic heterocycles. The van der Waals surface area contributed by atoms with E-state index in [0.29, 0.717) is 4.47 Å². The quantitative estimate of drug-likeness (QED) is 0.634. The Morgan fingerprint density at radius 1 is 1.12 bits per heavy atom. The van der Waals surface area contributed by atoms with Crippen molar-refractivity contribution in [1.29, 1.82) is 0 Å². The smallest absolute Gasteiger partial charge is 0.406 e. The fourth-order valence-electron chi connectivity index (χ4n) is 1.85. The number of anilines is 1. The van der Waals surface area contributed by atoms with Gasteiger partial charge >= 0.3 is 14.0 Å². The van der Waals surface area contributed by atoms with Gasteiger partial charge in [-0.1, -0.05) is 15.9 Å². The molecule has 1 amide bonds. The van der Waals surface area contributed by atoms with Crippen LogP contribution in [0.3, 0.4) is 0 Å². The number of hydrogen-bond donors (Lipinski definition) is 3. The zero-order valence-corrected chi connectivity index (χ0v) is 14.6. The van der Waals surface area contributed by atoms with Gasteiger partial charge in [0.05, 0.1) is 11.0 Å². The van der Waals surface area contributed by atoms with E-state index in [1.807, 2.05) is 0 Å². The Labute approximate surface area is 147 Å². The molecule has 2 aromatic rings. The Kier molecular flexibility index (Phi) is 5.58. The van der Waals surface area contributed by atoms with Crippen molar-refractivity contribution in [2.75, 3.05) is 5.32 Å². The van der Waals surface area contributed by atoms with Gasteiger partial charge in [-0.2, -0.15) is 0 Å². The predicted octanol–water partition coefficient (Wildman–Crippen LogP) is 3.40. The summed E-state index contributed by atoms with van der Waals surface area (Å²) >= 11 is 3.07. The first kappa shape index (κ1) is 19.5. The Morgan fingerprint density at radius 2 is 1.72 bits per heavy atom. The lowest BCUT2D eigenvalue weighted by Gasteiger charge is -2.13. The molecule has 25 heavy (non-hydrogen) atoms. The van der Waals surface area contributed by atoms with Crippen molar-refractivity contribution in [3.8, 4) is 5.75 Å². The van der Waals surface area contributed by atoms with Crippen molar-refractivity contribution in [2.24, 2.45) is 0 Å². The number of amides is 1. The van der Waals surface area contributed by atoms with Crippen LogP contribution >= 0.6 is 23.5 Å². The molecule has 0 aliphatic carbocycles. The van der Waals surface area contributed by atoms with Crippen LogP contribution in [-0.4, -0.2) is 22.1 Å². The monoisotopic (exact) mass is 439 g/mol. The molecule has 11 heteroatoms. The van der Waals surface area contributed by atoms with Crippen LogP contribution in [0.4, 0.5) is 18.9 Å². The number of alkyl halides is 3. The van der Waals surface area contributed by atoms with Crippen LogP contribution in [0.25, 0.3) is 0 Å². The average molecular weight is 440 g/mol. The van der Waals surface area contributed by atoms with E-state index < -0.39 is 30.9 Å². The third kappa shape index (κ3) is 5.57. The van der Waals surface area contributed by atoms with Gasteiger partial charge in [-0.15, -0.1) is 13.2 Å². The minimum Gasteiger partial charge on any atom is -0.406 e. The molecular weight excluding hydrogens is 430 g/mol. The SMILES string of the molecule is O=C(Nc1ccc(Br)cc1P(=O)(O)O)c1ccc(OC(F)(F)F)cc1. The molecular formula is C14H10BrF3NO5P. The second kappa shape index (κ2) is 7.17. The summed E-state index contributed by atoms with van der Waals surface area (Å²) in [7, 11) is -4.65. The molecule has 2 rings (SSSR count). The molecule has 2 aromatic carbocycles. The molecule has 0 aromatic heterocycles. The van der Waals surface area contributed by atoms with Crippen molar-refractivity contribution in [1.82, 2.24) is 0 Å². The standard InChI is InChI=1S/C14H10BrF3NO5P/c15-9-3-6-11(12(7-9)25(21,22)23)19-13(20)8-1-4-10(5-2-8)24-14(16,17)18/h1-7H,(H,19,20)(H2,21,22,23). The second-order valence-corrected chi connectivity index (χ2v) is 7.22. The molecule has 0 saturated heterocycles. The number of benzene rings is 2. The lowest BCUT2D eigenvalue weighted by Crippen LogP contribution is -2.19. The molecule has 6 nitrogen and oxygen atoms in total. The highest BCUT2D eigenvalue weighted by molar-refractivity contribution is 9.10. The summed E-state index contributed by atoms with van der Waals surface area (Å²) in [6.45, 7) is 0. The lowest BCUT2D eigenvalue weighted by atomic mass is 10.2. The van der Waals surface area contributed by atoms with Crippen LogP contribution in [0.2, 0.25) is 0 Å². The Morgan fingerprint density at radius 3 is 2.24 bits per heavy atom. The first-order valence-electron chi connectivity index (χ1n) is 6.48. The molecule has 0 unspecified atom stereocenters. The van der Waals surface area contributed by atoms with Crippen LogP contribution in [-0.2, 0) is 4.57 Å². The van der Waals surface area contributed by atoms with Gasteiger partial charge in [0.25, 0.3) is 5.91 Å². The minimum atomic E-state index is -4.85. The van der Waals surface area contributed by atoms with Gasteiger partial charge in [-0.3, -0.25) is 9.36 Å². The number of hydrogen-bond acceptors (Lipinski definition) is 3. The summed E-state index contributed by atoms with van der Waals surface area (Å²) < 4.78 is 51.9. The highest BCUT2D eigenvalue weighted by atomic mass is 79.9. The fraction of sp³-hybridized carbons (Fsp3) is 0.0714. The average Bonchev–Trinajstić information content (AvgIpc) is 2.47. The van der Waals surface area contributed by atoms with Gasteiger partial charge in [-0.05, 0) is 42.5 Å². The third-order valence-corrected chi connectivity index (χ3v) is 4.36. The topological polar surface area (TPSA) is 95.9 Å². The van der Waals surface area contributed by atoms with Crippen molar-refractivity contribution in [3.63, 3.8) is 0 Å². The van der Waals surface area contributed by atoms with Crippen molar-refractivity contribution in [3.05, 3.63) is 52.5 Å². The highest BCUT2D eigenvalue weighted by Gasteiger charge is 2.31. The molecule has 0 saturated carbocycles. The first-order valence-corrected chi connectivity index (χ1v) is 8.89. The summed E-state index contributed by atoms with van der Waals surface area (Å²) in [5, 5.41) is 1.92. The second-order valence-electron chi connectivity index (χ2n) is 4.73. The van der Waals surface area contributed by atoms with Crippen LogP contribution in [0.5, 0.6) is 5.75 Å². The lowest BCUT2D eigenvalue weighted by molar-refractivity contribution is -0.274. The maximum atomic E-state index is 12.1. The molecule has 0 aliphatic rings. The van der Waals surface area contributed by atoms with E-state index in [1.54, 1.807) is 0 Å². The van der Waals surface area contributed by atoms with Gasteiger partial charge in [0, 0.05) is 10.0 Å². The van der Waals surface area contributed by atoms with E-state index in [2.05, 4.69) is 26.0 Å². The van der Waals surface area contributed by atoms with Crippen molar-refractivity contribution in [2.45, 2.75) is 6.36 Å². The van der Waals surface area contributed by atoms with Gasteiger partial charge in [0.2, 0.25) is 0 Å². The van der Waals surface area contributed by atoms with Gasteiger partial charge < -0.3 is 19.8 Å². The minimum absolute atomic E-state index is 0.0193. The highest BCUT2D eigenvalue weighted by Crippen LogP contribution is 2.37. The van der Waals surface area contributed by atoms with Gasteiger partial charge in [0.15, 0.2) is 0 Å². The zero-order chi connectivity index (χ0) is 18.8. The summed E-state index contributed by atoms with van der Waals surface area (Å²) in [5.41, 5.74) is -0.133. The fourth-order valence-corrected chi connectivity index (χ4v) is 3.14. The maximum Gasteiger partial charge on any atom is 0.573 e. The van der Waals surface area contributed by atoms with E-state index in [0.717, 1.165) is 30.3 Å². The Hall–Kier alpha value is -1.87. The number of nitrogens with one attached hydrogen (secondary N) is 1. The summed E-state index contributed by atoms with van der Waals surface area (Å²) in [6.07, 6.45) is -4.85. The van der Waals surface area contributed by atoms with E-state index in [4.69, 9.17) is 0 Å². The molecule has 3 N–H and O–H groups in total. The summed E-state index contributed by atoms with van der Waals surface area (Å²) in [5.74, 6) is -1.25. The Bertz CT molecular complexity index is 835. The molecule has 0 fully saturated rings. The normalized spacial score (nSPS) is 11.9. The first-order chi connectivity index (χ1) is 11.5. The van der Waals surface area contributed by atoms with Crippen LogP contribution in [0.15, 0.2) is 46.9 Å². The summed E-state index contributed by atoms with van der Waals surface area (Å²) in [6, 6.07) is 8.00. The van der Waals surface area contributed by atoms with Gasteiger partial charge in [-0.25, -0.2) is 0 Å². The summed E-state index contributed by atoms with van der Waals surface area (Å²) in [4.78, 5) is 30.8. The number of rotatable bonds is 4. The molecule has 0 radical (unpaired) electrons. The Balaban J connectivity index is 2.22. The largest absolute Gasteiger partial charge is 0.573 e. The van der Waals surface area contributed by atoms with Crippen LogP contribution in [0, 0.1) is 0 Å². The van der Waals surface area contributed by atoms with Crippen LogP contribution in [0.1, 0.15) is 10.4 Å². The van der Waals surface area contributed by atoms with E-state index in [-0.39, 0.29) is 11.3 Å².